The molecule has 15 heteroatoms. The van der Waals surface area contributed by atoms with Gasteiger partial charge in [-0.15, -0.1) is 0 Å². The lowest BCUT2D eigenvalue weighted by Crippen LogP contribution is -2.36. The molecule has 1 saturated carbocycles. The van der Waals surface area contributed by atoms with E-state index in [0.29, 0.717) is 28.7 Å². The molecule has 1 fully saturated rings. The monoisotopic (exact) mass is 596 g/mol. The van der Waals surface area contributed by atoms with Gasteiger partial charge in [-0.2, -0.15) is 18.2 Å². The van der Waals surface area contributed by atoms with Gasteiger partial charge in [-0.25, -0.2) is 23.4 Å². The fourth-order valence-corrected chi connectivity index (χ4v) is 6.01. The number of aryl methyl sites for hydroxylation is 1. The average Bonchev–Trinajstić information content (AvgIpc) is 2.87. The highest BCUT2D eigenvalue weighted by Gasteiger charge is 2.30. The standard InChI is InChI=1S/C26H35F3N8O3S/c1-15(2)37-23-20(14-30-25(34-23)32-17-6-8-18(9-7-17)36(4)5)33-22(24(37)38)19-10-11-21(31-16(19)3)35-41(39,40)13-12-26(27,28)29/h10-11,14-15,17-18H,6-9,12-13H2,1-5H3,(H,31,35)(H,30,32,34). The Kier molecular flexibility index (Phi) is 8.87. The van der Waals surface area contributed by atoms with Gasteiger partial charge >= 0.3 is 6.18 Å². The summed E-state index contributed by atoms with van der Waals surface area (Å²) in [5.74, 6) is -0.857. The van der Waals surface area contributed by atoms with E-state index in [1.54, 1.807) is 13.1 Å². The third kappa shape index (κ3) is 7.50. The van der Waals surface area contributed by atoms with Gasteiger partial charge in [0.1, 0.15) is 17.0 Å². The number of hydrogen-bond donors (Lipinski definition) is 2. The minimum atomic E-state index is -4.61. The molecule has 41 heavy (non-hydrogen) atoms. The Labute approximate surface area is 236 Å². The SMILES string of the molecule is Cc1nc(NS(=O)(=O)CCC(F)(F)F)ccc1-c1nc2cnc(NC3CCC(N(C)C)CC3)nc2n(C(C)C)c1=O. The van der Waals surface area contributed by atoms with Crippen LogP contribution in [0.4, 0.5) is 24.9 Å². The van der Waals surface area contributed by atoms with E-state index in [-0.39, 0.29) is 29.3 Å². The van der Waals surface area contributed by atoms with Crippen molar-refractivity contribution in [1.82, 2.24) is 29.4 Å². The highest BCUT2D eigenvalue weighted by atomic mass is 32.2. The fraction of sp³-hybridized carbons (Fsp3) is 0.577. The van der Waals surface area contributed by atoms with Crippen molar-refractivity contribution in [2.75, 3.05) is 29.9 Å². The van der Waals surface area contributed by atoms with E-state index in [1.165, 1.54) is 16.7 Å². The molecule has 4 rings (SSSR count). The number of halogens is 3. The molecule has 3 aromatic rings. The lowest BCUT2D eigenvalue weighted by molar-refractivity contribution is -0.129. The van der Waals surface area contributed by atoms with Gasteiger partial charge in [0.25, 0.3) is 5.56 Å². The number of hydrogen-bond acceptors (Lipinski definition) is 9. The van der Waals surface area contributed by atoms with Gasteiger partial charge in [-0.05, 0) is 72.7 Å². The van der Waals surface area contributed by atoms with E-state index in [4.69, 9.17) is 0 Å². The Hall–Kier alpha value is -3.33. The van der Waals surface area contributed by atoms with Crippen LogP contribution in [0.2, 0.25) is 0 Å². The van der Waals surface area contributed by atoms with E-state index in [2.05, 4.69) is 49.0 Å². The summed E-state index contributed by atoms with van der Waals surface area (Å²) in [4.78, 5) is 33.7. The second-order valence-electron chi connectivity index (χ2n) is 10.9. The molecular weight excluding hydrogens is 561 g/mol. The van der Waals surface area contributed by atoms with E-state index in [9.17, 15) is 26.4 Å². The highest BCUT2D eigenvalue weighted by molar-refractivity contribution is 7.92. The van der Waals surface area contributed by atoms with Crippen molar-refractivity contribution < 1.29 is 21.6 Å². The zero-order valence-corrected chi connectivity index (χ0v) is 24.5. The molecule has 0 aromatic carbocycles. The van der Waals surface area contributed by atoms with Crippen molar-refractivity contribution in [2.24, 2.45) is 0 Å². The van der Waals surface area contributed by atoms with E-state index in [0.717, 1.165) is 25.7 Å². The average molecular weight is 597 g/mol. The second-order valence-corrected chi connectivity index (χ2v) is 12.7. The molecule has 3 heterocycles. The van der Waals surface area contributed by atoms with Crippen LogP contribution in [0.15, 0.2) is 23.1 Å². The maximum Gasteiger partial charge on any atom is 0.390 e. The number of sulfonamides is 1. The molecule has 3 aromatic heterocycles. The predicted molar refractivity (Wildman–Crippen MR) is 151 cm³/mol. The lowest BCUT2D eigenvalue weighted by atomic mass is 9.91. The van der Waals surface area contributed by atoms with Gasteiger partial charge in [0, 0.05) is 29.4 Å². The predicted octanol–water partition coefficient (Wildman–Crippen LogP) is 4.12. The number of alkyl halides is 3. The van der Waals surface area contributed by atoms with Crippen LogP contribution in [0, 0.1) is 6.92 Å². The minimum Gasteiger partial charge on any atom is -0.351 e. The molecule has 2 N–H and O–H groups in total. The van der Waals surface area contributed by atoms with Crippen molar-refractivity contribution in [3.8, 4) is 11.3 Å². The molecule has 0 atom stereocenters. The van der Waals surface area contributed by atoms with Crippen LogP contribution in [0.3, 0.4) is 0 Å². The summed E-state index contributed by atoms with van der Waals surface area (Å²) in [7, 11) is -0.0959. The molecule has 0 spiro atoms. The van der Waals surface area contributed by atoms with Crippen LogP contribution in [0.5, 0.6) is 0 Å². The summed E-state index contributed by atoms with van der Waals surface area (Å²) in [6.45, 7) is 5.26. The Balaban J connectivity index is 1.62. The number of nitrogens with one attached hydrogen (secondary N) is 2. The summed E-state index contributed by atoms with van der Waals surface area (Å²) in [6, 6.07) is 3.27. The summed E-state index contributed by atoms with van der Waals surface area (Å²) in [5.41, 5.74) is 1.07. The second kappa shape index (κ2) is 11.9. The molecule has 0 unspecified atom stereocenters. The highest BCUT2D eigenvalue weighted by Crippen LogP contribution is 2.26. The first-order valence-corrected chi connectivity index (χ1v) is 15.1. The van der Waals surface area contributed by atoms with Gasteiger partial charge < -0.3 is 10.2 Å². The van der Waals surface area contributed by atoms with Crippen LogP contribution < -0.4 is 15.6 Å². The van der Waals surface area contributed by atoms with Crippen molar-refractivity contribution in [1.29, 1.82) is 0 Å². The van der Waals surface area contributed by atoms with Gasteiger partial charge in [0.15, 0.2) is 5.65 Å². The third-order valence-electron chi connectivity index (χ3n) is 7.16. The smallest absolute Gasteiger partial charge is 0.351 e. The molecule has 1 aliphatic carbocycles. The van der Waals surface area contributed by atoms with Crippen molar-refractivity contribution in [3.63, 3.8) is 0 Å². The molecule has 0 amide bonds. The number of pyridine rings is 1. The first-order valence-electron chi connectivity index (χ1n) is 13.4. The number of fused-ring (bicyclic) bond motifs is 1. The van der Waals surface area contributed by atoms with E-state index >= 15 is 0 Å². The molecule has 11 nitrogen and oxygen atoms in total. The first kappa shape index (κ1) is 30.6. The largest absolute Gasteiger partial charge is 0.390 e. The zero-order chi connectivity index (χ0) is 30.1. The number of nitrogens with zero attached hydrogens (tertiary/aromatic N) is 6. The summed E-state index contributed by atoms with van der Waals surface area (Å²) in [6.07, 6.45) is -0.414. The molecule has 0 aliphatic heterocycles. The zero-order valence-electron chi connectivity index (χ0n) is 23.7. The Morgan fingerprint density at radius 1 is 1.10 bits per heavy atom. The number of aromatic nitrogens is 5. The molecule has 0 radical (unpaired) electrons. The molecule has 224 valence electrons. The first-order chi connectivity index (χ1) is 19.1. The van der Waals surface area contributed by atoms with Crippen LogP contribution in [-0.4, -0.2) is 75.9 Å². The Morgan fingerprint density at radius 2 is 1.78 bits per heavy atom. The molecule has 0 saturated heterocycles. The summed E-state index contributed by atoms with van der Waals surface area (Å²) < 4.78 is 65.2. The Morgan fingerprint density at radius 3 is 2.37 bits per heavy atom. The van der Waals surface area contributed by atoms with Crippen LogP contribution in [0.1, 0.15) is 57.7 Å². The topological polar surface area (TPSA) is 135 Å². The number of anilines is 2. The van der Waals surface area contributed by atoms with Crippen molar-refractivity contribution in [2.45, 2.75) is 77.2 Å². The van der Waals surface area contributed by atoms with Crippen LogP contribution in [0.25, 0.3) is 22.4 Å². The normalized spacial score (nSPS) is 18.3. The molecular formula is C26H35F3N8O3S. The molecule has 1 aliphatic rings. The van der Waals surface area contributed by atoms with Crippen LogP contribution >= 0.6 is 0 Å². The lowest BCUT2D eigenvalue weighted by Gasteiger charge is -2.32. The maximum atomic E-state index is 13.6. The summed E-state index contributed by atoms with van der Waals surface area (Å²) in [5, 5.41) is 3.40. The van der Waals surface area contributed by atoms with Gasteiger partial charge in [-0.3, -0.25) is 14.1 Å². The van der Waals surface area contributed by atoms with Crippen molar-refractivity contribution in [3.05, 3.63) is 34.4 Å². The van der Waals surface area contributed by atoms with E-state index in [1.807, 2.05) is 13.8 Å². The number of rotatable bonds is 9. The third-order valence-corrected chi connectivity index (χ3v) is 8.43. The van der Waals surface area contributed by atoms with Crippen LogP contribution in [-0.2, 0) is 10.0 Å². The quantitative estimate of drug-likeness (QED) is 0.374. The maximum absolute atomic E-state index is 13.6. The van der Waals surface area contributed by atoms with Gasteiger partial charge in [0.2, 0.25) is 16.0 Å². The minimum absolute atomic E-state index is 0.0778. The Bertz CT molecular complexity index is 1570. The summed E-state index contributed by atoms with van der Waals surface area (Å²) >= 11 is 0. The van der Waals surface area contributed by atoms with E-state index < -0.39 is 33.9 Å². The van der Waals surface area contributed by atoms with Gasteiger partial charge in [-0.1, -0.05) is 0 Å². The molecule has 0 bridgehead atoms. The fourth-order valence-electron chi connectivity index (χ4n) is 4.97. The van der Waals surface area contributed by atoms with Crippen molar-refractivity contribution >= 4 is 33.0 Å². The van der Waals surface area contributed by atoms with Gasteiger partial charge in [0.05, 0.1) is 18.4 Å².